The molecule has 8 heteroatoms. The molecule has 3 amide bonds. The number of carbonyl (C=O) groups is 2. The molecule has 0 fully saturated rings. The normalized spacial score (nSPS) is 12.8. The summed E-state index contributed by atoms with van der Waals surface area (Å²) in [6, 6.07) is 11.8. The molecule has 2 aromatic rings. The Morgan fingerprint density at radius 1 is 1.15 bits per heavy atom. The summed E-state index contributed by atoms with van der Waals surface area (Å²) in [6.45, 7) is 2.25. The molecular formula is C19H21N3O5. The van der Waals surface area contributed by atoms with Crippen LogP contribution in [-0.2, 0) is 11.4 Å². The third kappa shape index (κ3) is 4.81. The molecule has 3 rings (SSSR count). The highest BCUT2D eigenvalue weighted by atomic mass is 16.7. The van der Waals surface area contributed by atoms with Gasteiger partial charge in [-0.2, -0.15) is 0 Å². The Balaban J connectivity index is 1.57. The van der Waals surface area contributed by atoms with E-state index in [2.05, 4.69) is 16.0 Å². The minimum absolute atomic E-state index is 0.220. The molecule has 3 N–H and O–H groups in total. The lowest BCUT2D eigenvalue weighted by atomic mass is 10.2. The number of ether oxygens (including phenoxy) is 3. The lowest BCUT2D eigenvalue weighted by molar-refractivity contribution is -0.120. The summed E-state index contributed by atoms with van der Waals surface area (Å²) >= 11 is 0. The molecule has 0 bridgehead atoms. The summed E-state index contributed by atoms with van der Waals surface area (Å²) in [5, 5.41) is 7.63. The van der Waals surface area contributed by atoms with E-state index in [1.54, 1.807) is 13.0 Å². The molecular weight excluding hydrogens is 350 g/mol. The second kappa shape index (κ2) is 8.31. The first-order valence-electron chi connectivity index (χ1n) is 8.45. The predicted octanol–water partition coefficient (Wildman–Crippen LogP) is 2.25. The lowest BCUT2D eigenvalue weighted by Gasteiger charge is -2.15. The molecule has 0 unspecified atom stereocenters. The van der Waals surface area contributed by atoms with Crippen molar-refractivity contribution in [3.8, 4) is 17.2 Å². The minimum atomic E-state index is -0.577. The van der Waals surface area contributed by atoms with Crippen LogP contribution in [-0.4, -0.2) is 31.8 Å². The van der Waals surface area contributed by atoms with E-state index in [1.165, 1.54) is 7.05 Å². The van der Waals surface area contributed by atoms with Crippen LogP contribution in [0.3, 0.4) is 0 Å². The number of nitrogens with one attached hydrogen (secondary N) is 3. The van der Waals surface area contributed by atoms with Gasteiger partial charge in [-0.25, -0.2) is 4.79 Å². The zero-order chi connectivity index (χ0) is 19.2. The number of benzene rings is 2. The van der Waals surface area contributed by atoms with Crippen molar-refractivity contribution >= 4 is 17.6 Å². The van der Waals surface area contributed by atoms with Gasteiger partial charge in [0.15, 0.2) is 11.5 Å². The van der Waals surface area contributed by atoms with Crippen molar-refractivity contribution < 1.29 is 23.8 Å². The van der Waals surface area contributed by atoms with Gasteiger partial charge in [0.05, 0.1) is 0 Å². The van der Waals surface area contributed by atoms with E-state index in [4.69, 9.17) is 14.2 Å². The Hall–Kier alpha value is -3.42. The Morgan fingerprint density at radius 3 is 2.78 bits per heavy atom. The zero-order valence-corrected chi connectivity index (χ0v) is 15.1. The first kappa shape index (κ1) is 18.4. The third-order valence-corrected chi connectivity index (χ3v) is 3.92. The van der Waals surface area contributed by atoms with Crippen molar-refractivity contribution in [3.05, 3.63) is 48.0 Å². The number of urea groups is 1. The molecule has 0 saturated heterocycles. The monoisotopic (exact) mass is 371 g/mol. The molecule has 0 aromatic heterocycles. The second-order valence-electron chi connectivity index (χ2n) is 5.94. The molecule has 0 radical (unpaired) electrons. The quantitative estimate of drug-likeness (QED) is 0.721. The molecule has 1 aliphatic heterocycles. The van der Waals surface area contributed by atoms with E-state index in [0.717, 1.165) is 11.3 Å². The van der Waals surface area contributed by atoms with E-state index in [-0.39, 0.29) is 6.79 Å². The maximum Gasteiger partial charge on any atom is 0.321 e. The van der Waals surface area contributed by atoms with Gasteiger partial charge in [0.1, 0.15) is 18.4 Å². The third-order valence-electron chi connectivity index (χ3n) is 3.92. The number of hydrogen-bond acceptors (Lipinski definition) is 6. The van der Waals surface area contributed by atoms with Crippen molar-refractivity contribution in [2.24, 2.45) is 0 Å². The molecule has 1 aliphatic rings. The summed E-state index contributed by atoms with van der Waals surface area (Å²) in [5.74, 6) is 1.63. The highest BCUT2D eigenvalue weighted by Gasteiger charge is 2.15. The Labute approximate surface area is 156 Å². The SMILES string of the molecule is CNC(=O)NC(=O)[C@H](C)Nc1cccc(COc2ccc3c(c2)OCO3)c1. The number of amides is 3. The topological polar surface area (TPSA) is 97.9 Å². The van der Waals surface area contributed by atoms with Gasteiger partial charge in [-0.1, -0.05) is 12.1 Å². The smallest absolute Gasteiger partial charge is 0.321 e. The molecule has 8 nitrogen and oxygen atoms in total. The molecule has 0 spiro atoms. The number of fused-ring (bicyclic) bond motifs is 1. The van der Waals surface area contributed by atoms with Crippen LogP contribution in [0.1, 0.15) is 12.5 Å². The zero-order valence-electron chi connectivity index (χ0n) is 15.1. The van der Waals surface area contributed by atoms with Gasteiger partial charge in [-0.15, -0.1) is 0 Å². The fourth-order valence-electron chi connectivity index (χ4n) is 2.48. The summed E-state index contributed by atoms with van der Waals surface area (Å²) in [4.78, 5) is 23.1. The average molecular weight is 371 g/mol. The van der Waals surface area contributed by atoms with Gasteiger partial charge >= 0.3 is 6.03 Å². The standard InChI is InChI=1S/C19H21N3O5/c1-12(18(23)22-19(24)20-2)21-14-5-3-4-13(8-14)10-25-15-6-7-16-17(9-15)27-11-26-16/h3-9,12,21H,10-11H2,1-2H3,(H2,20,22,23,24)/t12-/m0/s1. The second-order valence-corrected chi connectivity index (χ2v) is 5.94. The van der Waals surface area contributed by atoms with Crippen molar-refractivity contribution in [1.29, 1.82) is 0 Å². The molecule has 27 heavy (non-hydrogen) atoms. The molecule has 2 aromatic carbocycles. The highest BCUT2D eigenvalue weighted by molar-refractivity contribution is 5.97. The van der Waals surface area contributed by atoms with Crippen LogP contribution in [0.2, 0.25) is 0 Å². The first-order chi connectivity index (χ1) is 13.0. The van der Waals surface area contributed by atoms with Gasteiger partial charge in [0.2, 0.25) is 12.7 Å². The number of hydrogen-bond donors (Lipinski definition) is 3. The number of anilines is 1. The molecule has 1 heterocycles. The van der Waals surface area contributed by atoms with E-state index < -0.39 is 18.0 Å². The van der Waals surface area contributed by atoms with Gasteiger partial charge in [0, 0.05) is 18.8 Å². The first-order valence-corrected chi connectivity index (χ1v) is 8.45. The summed E-state index contributed by atoms with van der Waals surface area (Å²) in [6.07, 6.45) is 0. The average Bonchev–Trinajstić information content (AvgIpc) is 3.14. The largest absolute Gasteiger partial charge is 0.489 e. The van der Waals surface area contributed by atoms with E-state index in [0.29, 0.717) is 23.9 Å². The fraction of sp³-hybridized carbons (Fsp3) is 0.263. The fourth-order valence-corrected chi connectivity index (χ4v) is 2.48. The Morgan fingerprint density at radius 2 is 1.96 bits per heavy atom. The number of rotatable bonds is 6. The Kier molecular flexibility index (Phi) is 5.65. The summed E-state index contributed by atoms with van der Waals surface area (Å²) < 4.78 is 16.4. The van der Waals surface area contributed by atoms with Crippen molar-refractivity contribution in [2.75, 3.05) is 19.2 Å². The van der Waals surface area contributed by atoms with Crippen molar-refractivity contribution in [2.45, 2.75) is 19.6 Å². The van der Waals surface area contributed by atoms with Gasteiger partial charge in [0.25, 0.3) is 0 Å². The van der Waals surface area contributed by atoms with Crippen molar-refractivity contribution in [1.82, 2.24) is 10.6 Å². The van der Waals surface area contributed by atoms with Crippen LogP contribution in [0.15, 0.2) is 42.5 Å². The van der Waals surface area contributed by atoms with E-state index >= 15 is 0 Å². The molecule has 0 aliphatic carbocycles. The van der Waals surface area contributed by atoms with Gasteiger partial charge in [-0.3, -0.25) is 10.1 Å². The Bertz CT molecular complexity index is 840. The highest BCUT2D eigenvalue weighted by Crippen LogP contribution is 2.35. The molecule has 0 saturated carbocycles. The van der Waals surface area contributed by atoms with Crippen LogP contribution in [0.25, 0.3) is 0 Å². The molecule has 1 atom stereocenters. The number of imide groups is 1. The number of carbonyl (C=O) groups excluding carboxylic acids is 2. The lowest BCUT2D eigenvalue weighted by Crippen LogP contribution is -2.44. The van der Waals surface area contributed by atoms with Gasteiger partial charge in [-0.05, 0) is 36.8 Å². The maximum atomic E-state index is 11.9. The maximum absolute atomic E-state index is 11.9. The van der Waals surface area contributed by atoms with Crippen LogP contribution in [0.5, 0.6) is 17.2 Å². The van der Waals surface area contributed by atoms with Crippen molar-refractivity contribution in [3.63, 3.8) is 0 Å². The predicted molar refractivity (Wildman–Crippen MR) is 99.0 cm³/mol. The van der Waals surface area contributed by atoms with Gasteiger partial charge < -0.3 is 24.8 Å². The van der Waals surface area contributed by atoms with E-state index in [9.17, 15) is 9.59 Å². The van der Waals surface area contributed by atoms with Crippen LogP contribution in [0.4, 0.5) is 10.5 Å². The molecule has 142 valence electrons. The van der Waals surface area contributed by atoms with E-state index in [1.807, 2.05) is 36.4 Å². The summed E-state index contributed by atoms with van der Waals surface area (Å²) in [5.41, 5.74) is 1.68. The van der Waals surface area contributed by atoms with Crippen LogP contribution >= 0.6 is 0 Å². The van der Waals surface area contributed by atoms with Crippen LogP contribution in [0, 0.1) is 0 Å². The van der Waals surface area contributed by atoms with Crippen LogP contribution < -0.4 is 30.2 Å². The minimum Gasteiger partial charge on any atom is -0.489 e. The summed E-state index contributed by atoms with van der Waals surface area (Å²) in [7, 11) is 1.45.